The number of carbonyl (C=O) groups excluding carboxylic acids is 1. The van der Waals surface area contributed by atoms with Gasteiger partial charge in [0.15, 0.2) is 0 Å². The van der Waals surface area contributed by atoms with Crippen LogP contribution >= 0.6 is 11.6 Å². The Morgan fingerprint density at radius 1 is 1.27 bits per heavy atom. The number of hydrogen-bond acceptors (Lipinski definition) is 2. The summed E-state index contributed by atoms with van der Waals surface area (Å²) >= 11 is 5.97. The minimum atomic E-state index is 0.143. The van der Waals surface area contributed by atoms with E-state index in [1.807, 2.05) is 29.3 Å². The third kappa shape index (κ3) is 3.69. The summed E-state index contributed by atoms with van der Waals surface area (Å²) in [4.78, 5) is 14.5. The Morgan fingerprint density at radius 3 is 2.82 bits per heavy atom. The number of carbonyl (C=O) groups is 1. The molecule has 1 aliphatic heterocycles. The van der Waals surface area contributed by atoms with E-state index in [0.717, 1.165) is 37.4 Å². The highest BCUT2D eigenvalue weighted by molar-refractivity contribution is 6.30. The predicted octanol–water partition coefficient (Wildman–Crippen LogP) is 3.33. The third-order valence-electron chi connectivity index (χ3n) is 4.22. The van der Waals surface area contributed by atoms with Crippen molar-refractivity contribution in [1.82, 2.24) is 14.7 Å². The summed E-state index contributed by atoms with van der Waals surface area (Å²) in [7, 11) is 0. The molecule has 5 heteroatoms. The van der Waals surface area contributed by atoms with Crippen LogP contribution in [0.5, 0.6) is 0 Å². The molecule has 3 rings (SSSR count). The maximum atomic E-state index is 12.5. The average molecular weight is 318 g/mol. The zero-order valence-corrected chi connectivity index (χ0v) is 13.2. The molecule has 0 spiro atoms. The van der Waals surface area contributed by atoms with Gasteiger partial charge in [-0.05, 0) is 36.6 Å². The second-order valence-electron chi connectivity index (χ2n) is 5.79. The van der Waals surface area contributed by atoms with Crippen LogP contribution in [0.4, 0.5) is 0 Å². The molecule has 22 heavy (non-hydrogen) atoms. The number of nitrogens with zero attached hydrogens (tertiary/aromatic N) is 3. The predicted molar refractivity (Wildman–Crippen MR) is 86.9 cm³/mol. The standard InChI is InChI=1S/C17H20ClN3O/c18-16-7-5-14(6-8-16)15-4-1-2-10-20(12-15)17(22)13-21-11-3-9-19-21/h3,5-9,11,15H,1-2,4,10,12-13H2/t15-/m1/s1. The van der Waals surface area contributed by atoms with Crippen molar-refractivity contribution in [3.05, 3.63) is 53.3 Å². The number of rotatable bonds is 3. The molecule has 0 radical (unpaired) electrons. The molecule has 1 saturated heterocycles. The Balaban J connectivity index is 1.69. The molecule has 0 aliphatic carbocycles. The first-order valence-corrected chi connectivity index (χ1v) is 8.11. The van der Waals surface area contributed by atoms with E-state index < -0.39 is 0 Å². The Morgan fingerprint density at radius 2 is 2.09 bits per heavy atom. The molecule has 116 valence electrons. The monoisotopic (exact) mass is 317 g/mol. The smallest absolute Gasteiger partial charge is 0.244 e. The van der Waals surface area contributed by atoms with E-state index in [9.17, 15) is 4.79 Å². The fourth-order valence-corrected chi connectivity index (χ4v) is 3.13. The van der Waals surface area contributed by atoms with Crippen LogP contribution in [0.25, 0.3) is 0 Å². The van der Waals surface area contributed by atoms with E-state index in [1.54, 1.807) is 10.9 Å². The fourth-order valence-electron chi connectivity index (χ4n) is 3.01. The lowest BCUT2D eigenvalue weighted by molar-refractivity contribution is -0.132. The van der Waals surface area contributed by atoms with Gasteiger partial charge in [0.2, 0.25) is 5.91 Å². The van der Waals surface area contributed by atoms with E-state index in [0.29, 0.717) is 12.5 Å². The van der Waals surface area contributed by atoms with Crippen LogP contribution in [0.3, 0.4) is 0 Å². The Kier molecular flexibility index (Phi) is 4.78. The molecule has 1 aliphatic rings. The first-order valence-electron chi connectivity index (χ1n) is 7.73. The molecule has 1 amide bonds. The van der Waals surface area contributed by atoms with Crippen molar-refractivity contribution in [2.24, 2.45) is 0 Å². The summed E-state index contributed by atoms with van der Waals surface area (Å²) in [5.41, 5.74) is 1.27. The zero-order chi connectivity index (χ0) is 15.4. The molecule has 1 atom stereocenters. The number of benzene rings is 1. The van der Waals surface area contributed by atoms with Crippen LogP contribution < -0.4 is 0 Å². The quantitative estimate of drug-likeness (QED) is 0.871. The minimum absolute atomic E-state index is 0.143. The first kappa shape index (κ1) is 15.1. The first-order chi connectivity index (χ1) is 10.7. The van der Waals surface area contributed by atoms with Gasteiger partial charge in [0.25, 0.3) is 0 Å². The van der Waals surface area contributed by atoms with Crippen molar-refractivity contribution in [1.29, 1.82) is 0 Å². The molecule has 0 unspecified atom stereocenters. The Bertz CT molecular complexity index is 609. The molecule has 0 saturated carbocycles. The lowest BCUT2D eigenvalue weighted by Crippen LogP contribution is -2.36. The van der Waals surface area contributed by atoms with Crippen LogP contribution in [-0.4, -0.2) is 33.7 Å². The molecule has 1 aromatic heterocycles. The molecule has 2 heterocycles. The Hall–Kier alpha value is -1.81. The van der Waals surface area contributed by atoms with Crippen LogP contribution in [0.2, 0.25) is 5.02 Å². The van der Waals surface area contributed by atoms with E-state index in [2.05, 4.69) is 17.2 Å². The molecule has 2 aromatic rings. The second-order valence-corrected chi connectivity index (χ2v) is 6.22. The zero-order valence-electron chi connectivity index (χ0n) is 12.5. The summed E-state index contributed by atoms with van der Waals surface area (Å²) in [5, 5.41) is 4.87. The van der Waals surface area contributed by atoms with Gasteiger partial charge >= 0.3 is 0 Å². The number of amides is 1. The summed E-state index contributed by atoms with van der Waals surface area (Å²) in [6, 6.07) is 9.85. The van der Waals surface area contributed by atoms with Crippen LogP contribution in [-0.2, 0) is 11.3 Å². The molecular weight excluding hydrogens is 298 g/mol. The van der Waals surface area contributed by atoms with Gasteiger partial charge in [0, 0.05) is 36.4 Å². The third-order valence-corrected chi connectivity index (χ3v) is 4.47. The highest BCUT2D eigenvalue weighted by Crippen LogP contribution is 2.27. The van der Waals surface area contributed by atoms with Gasteiger partial charge in [-0.1, -0.05) is 30.2 Å². The maximum absolute atomic E-state index is 12.5. The maximum Gasteiger partial charge on any atom is 0.244 e. The van der Waals surface area contributed by atoms with Crippen LogP contribution in [0.15, 0.2) is 42.7 Å². The Labute approximate surface area is 135 Å². The van der Waals surface area contributed by atoms with Gasteiger partial charge < -0.3 is 4.90 Å². The van der Waals surface area contributed by atoms with Gasteiger partial charge in [-0.25, -0.2) is 0 Å². The van der Waals surface area contributed by atoms with E-state index in [-0.39, 0.29) is 5.91 Å². The summed E-state index contributed by atoms with van der Waals surface area (Å²) in [5.74, 6) is 0.533. The van der Waals surface area contributed by atoms with Crippen molar-refractivity contribution >= 4 is 17.5 Å². The van der Waals surface area contributed by atoms with E-state index >= 15 is 0 Å². The van der Waals surface area contributed by atoms with Gasteiger partial charge in [-0.3, -0.25) is 9.48 Å². The average Bonchev–Trinajstić information content (AvgIpc) is 2.90. The van der Waals surface area contributed by atoms with Crippen molar-refractivity contribution in [2.75, 3.05) is 13.1 Å². The summed E-state index contributed by atoms with van der Waals surface area (Å²) in [6.45, 7) is 1.94. The van der Waals surface area contributed by atoms with E-state index in [4.69, 9.17) is 11.6 Å². The molecule has 0 bridgehead atoms. The number of aromatic nitrogens is 2. The van der Waals surface area contributed by atoms with E-state index in [1.165, 1.54) is 5.56 Å². The molecule has 1 fully saturated rings. The van der Waals surface area contributed by atoms with Gasteiger partial charge in [-0.2, -0.15) is 5.10 Å². The minimum Gasteiger partial charge on any atom is -0.340 e. The molecule has 4 nitrogen and oxygen atoms in total. The largest absolute Gasteiger partial charge is 0.340 e. The number of hydrogen-bond donors (Lipinski definition) is 0. The van der Waals surface area contributed by atoms with Gasteiger partial charge in [-0.15, -0.1) is 0 Å². The topological polar surface area (TPSA) is 38.1 Å². The van der Waals surface area contributed by atoms with Crippen LogP contribution in [0, 0.1) is 0 Å². The molecule has 0 N–H and O–H groups in total. The molecular formula is C17H20ClN3O. The summed E-state index contributed by atoms with van der Waals surface area (Å²) < 4.78 is 1.69. The SMILES string of the molecule is O=C(Cn1cccn1)N1CCCC[C@@H](c2ccc(Cl)cc2)C1. The van der Waals surface area contributed by atoms with Crippen molar-refractivity contribution in [2.45, 2.75) is 31.7 Å². The van der Waals surface area contributed by atoms with Gasteiger partial charge in [0.1, 0.15) is 6.54 Å². The number of likely N-dealkylation sites (tertiary alicyclic amines) is 1. The van der Waals surface area contributed by atoms with Crippen LogP contribution in [0.1, 0.15) is 30.7 Å². The lowest BCUT2D eigenvalue weighted by atomic mass is 9.94. The lowest BCUT2D eigenvalue weighted by Gasteiger charge is -2.25. The highest BCUT2D eigenvalue weighted by atomic mass is 35.5. The van der Waals surface area contributed by atoms with Crippen molar-refractivity contribution < 1.29 is 4.79 Å². The second kappa shape index (κ2) is 6.97. The van der Waals surface area contributed by atoms with Crippen molar-refractivity contribution in [3.63, 3.8) is 0 Å². The highest BCUT2D eigenvalue weighted by Gasteiger charge is 2.23. The van der Waals surface area contributed by atoms with Crippen molar-refractivity contribution in [3.8, 4) is 0 Å². The summed E-state index contributed by atoms with van der Waals surface area (Å²) in [6.07, 6.45) is 6.86. The normalized spacial score (nSPS) is 19.0. The molecule has 1 aromatic carbocycles. The fraction of sp³-hybridized carbons (Fsp3) is 0.412. The van der Waals surface area contributed by atoms with Gasteiger partial charge in [0.05, 0.1) is 0 Å². The number of halogens is 1.